The van der Waals surface area contributed by atoms with Crippen LogP contribution >= 0.6 is 0 Å². The van der Waals surface area contributed by atoms with Gasteiger partial charge in [0.1, 0.15) is 0 Å². The van der Waals surface area contributed by atoms with E-state index in [1.807, 2.05) is 6.07 Å². The number of amides is 1. The van der Waals surface area contributed by atoms with Gasteiger partial charge in [-0.15, -0.1) is 0 Å². The Morgan fingerprint density at radius 2 is 2.00 bits per heavy atom. The molecule has 2 saturated heterocycles. The van der Waals surface area contributed by atoms with Crippen LogP contribution in [0.2, 0.25) is 0 Å². The summed E-state index contributed by atoms with van der Waals surface area (Å²) >= 11 is 0. The molecule has 0 saturated carbocycles. The van der Waals surface area contributed by atoms with E-state index in [2.05, 4.69) is 20.1 Å². The van der Waals surface area contributed by atoms with E-state index < -0.39 is 0 Å². The largest absolute Gasteiger partial charge is 0.394 e. The molecule has 132 valence electrons. The maximum absolute atomic E-state index is 12.5. The van der Waals surface area contributed by atoms with E-state index in [0.717, 1.165) is 31.9 Å². The number of aliphatic hydroxyl groups is 1. The number of nitrogens with zero attached hydrogens (tertiary/aromatic N) is 3. The van der Waals surface area contributed by atoms with E-state index in [4.69, 9.17) is 4.74 Å². The van der Waals surface area contributed by atoms with Crippen molar-refractivity contribution in [2.24, 2.45) is 0 Å². The van der Waals surface area contributed by atoms with Crippen molar-refractivity contribution in [2.45, 2.75) is 18.9 Å². The fourth-order valence-corrected chi connectivity index (χ4v) is 3.24. The van der Waals surface area contributed by atoms with Crippen molar-refractivity contribution in [2.75, 3.05) is 57.4 Å². The molecular weight excluding hydrogens is 308 g/mol. The summed E-state index contributed by atoms with van der Waals surface area (Å²) in [5, 5.41) is 12.5. The first-order valence-electron chi connectivity index (χ1n) is 8.68. The zero-order valence-electron chi connectivity index (χ0n) is 14.0. The molecule has 0 spiro atoms. The van der Waals surface area contributed by atoms with Gasteiger partial charge in [0.05, 0.1) is 43.3 Å². The summed E-state index contributed by atoms with van der Waals surface area (Å²) in [6, 6.07) is 1.61. The zero-order chi connectivity index (χ0) is 16.8. The van der Waals surface area contributed by atoms with E-state index in [0.29, 0.717) is 25.3 Å². The lowest BCUT2D eigenvalue weighted by Gasteiger charge is -2.28. The van der Waals surface area contributed by atoms with Gasteiger partial charge in [0, 0.05) is 25.8 Å². The average molecular weight is 334 g/mol. The summed E-state index contributed by atoms with van der Waals surface area (Å²) < 4.78 is 5.36. The van der Waals surface area contributed by atoms with Crippen LogP contribution in [0, 0.1) is 0 Å². The van der Waals surface area contributed by atoms with Gasteiger partial charge in [-0.3, -0.25) is 9.78 Å². The number of aromatic nitrogens is 1. The third-order valence-electron chi connectivity index (χ3n) is 4.60. The van der Waals surface area contributed by atoms with Gasteiger partial charge < -0.3 is 25.0 Å². The number of carbonyl (C=O) groups is 1. The van der Waals surface area contributed by atoms with Gasteiger partial charge in [-0.1, -0.05) is 0 Å². The van der Waals surface area contributed by atoms with Crippen LogP contribution in [0.25, 0.3) is 0 Å². The first-order valence-corrected chi connectivity index (χ1v) is 8.68. The van der Waals surface area contributed by atoms with Crippen molar-refractivity contribution in [3.63, 3.8) is 0 Å². The SMILES string of the molecule is O=C(NC(CO)CN1CCCC1)c1cncc(N2CCOCC2)c1. The second kappa shape index (κ2) is 8.41. The van der Waals surface area contributed by atoms with Gasteiger partial charge in [0.2, 0.25) is 0 Å². The van der Waals surface area contributed by atoms with E-state index in [1.165, 1.54) is 12.8 Å². The molecule has 7 nitrogen and oxygen atoms in total. The lowest BCUT2D eigenvalue weighted by Crippen LogP contribution is -2.45. The van der Waals surface area contributed by atoms with Gasteiger partial charge in [0.25, 0.3) is 5.91 Å². The standard InChI is InChI=1S/C17H26N4O3/c22-13-15(12-20-3-1-2-4-20)19-17(23)14-9-16(11-18-10-14)21-5-7-24-8-6-21/h9-11,15,22H,1-8,12-13H2,(H,19,23). The van der Waals surface area contributed by atoms with E-state index in [1.54, 1.807) is 12.4 Å². The number of carbonyl (C=O) groups excluding carboxylic acids is 1. The second-order valence-electron chi connectivity index (χ2n) is 6.39. The Hall–Kier alpha value is -1.70. The average Bonchev–Trinajstić information content (AvgIpc) is 3.15. The summed E-state index contributed by atoms with van der Waals surface area (Å²) in [5.41, 5.74) is 1.46. The predicted octanol–water partition coefficient (Wildman–Crippen LogP) is 0.105. The van der Waals surface area contributed by atoms with Crippen molar-refractivity contribution < 1.29 is 14.6 Å². The Morgan fingerprint density at radius 1 is 1.25 bits per heavy atom. The highest BCUT2D eigenvalue weighted by atomic mass is 16.5. The van der Waals surface area contributed by atoms with E-state index in [-0.39, 0.29) is 18.6 Å². The Balaban J connectivity index is 1.60. The summed E-state index contributed by atoms with van der Waals surface area (Å²) in [4.78, 5) is 21.1. The Labute approximate surface area is 142 Å². The van der Waals surface area contributed by atoms with E-state index >= 15 is 0 Å². The third kappa shape index (κ3) is 4.43. The normalized spacial score (nSPS) is 20.1. The monoisotopic (exact) mass is 334 g/mol. The Morgan fingerprint density at radius 3 is 2.71 bits per heavy atom. The van der Waals surface area contributed by atoms with Gasteiger partial charge in [-0.2, -0.15) is 0 Å². The number of aliphatic hydroxyl groups excluding tert-OH is 1. The number of nitrogens with one attached hydrogen (secondary N) is 1. The van der Waals surface area contributed by atoms with E-state index in [9.17, 15) is 9.90 Å². The molecule has 1 atom stereocenters. The van der Waals surface area contributed by atoms with Crippen LogP contribution in [0.3, 0.4) is 0 Å². The van der Waals surface area contributed by atoms with Crippen LogP contribution in [0.5, 0.6) is 0 Å². The number of hydrogen-bond acceptors (Lipinski definition) is 6. The lowest BCUT2D eigenvalue weighted by atomic mass is 10.2. The highest BCUT2D eigenvalue weighted by Gasteiger charge is 2.20. The molecule has 3 heterocycles. The van der Waals surface area contributed by atoms with Crippen LogP contribution in [-0.4, -0.2) is 79.5 Å². The van der Waals surface area contributed by atoms with Crippen LogP contribution in [0.1, 0.15) is 23.2 Å². The third-order valence-corrected chi connectivity index (χ3v) is 4.60. The molecule has 1 aromatic heterocycles. The molecule has 1 aromatic rings. The number of rotatable bonds is 6. The van der Waals surface area contributed by atoms with Crippen LogP contribution in [0.4, 0.5) is 5.69 Å². The molecule has 2 fully saturated rings. The molecule has 24 heavy (non-hydrogen) atoms. The van der Waals surface area contributed by atoms with Crippen molar-refractivity contribution in [3.8, 4) is 0 Å². The highest BCUT2D eigenvalue weighted by molar-refractivity contribution is 5.95. The summed E-state index contributed by atoms with van der Waals surface area (Å²) in [7, 11) is 0. The summed E-state index contributed by atoms with van der Waals surface area (Å²) in [5.74, 6) is -0.184. The molecule has 1 unspecified atom stereocenters. The predicted molar refractivity (Wildman–Crippen MR) is 91.3 cm³/mol. The van der Waals surface area contributed by atoms with Crippen LogP contribution in [-0.2, 0) is 4.74 Å². The van der Waals surface area contributed by atoms with Crippen LogP contribution in [0.15, 0.2) is 18.5 Å². The highest BCUT2D eigenvalue weighted by Crippen LogP contribution is 2.16. The minimum Gasteiger partial charge on any atom is -0.394 e. The van der Waals surface area contributed by atoms with Gasteiger partial charge in [-0.25, -0.2) is 0 Å². The fourth-order valence-electron chi connectivity index (χ4n) is 3.24. The van der Waals surface area contributed by atoms with Gasteiger partial charge in [0.15, 0.2) is 0 Å². The number of morpholine rings is 1. The van der Waals surface area contributed by atoms with Crippen molar-refractivity contribution in [3.05, 3.63) is 24.0 Å². The smallest absolute Gasteiger partial charge is 0.253 e. The zero-order valence-corrected chi connectivity index (χ0v) is 14.0. The first-order chi connectivity index (χ1) is 11.8. The lowest BCUT2D eigenvalue weighted by molar-refractivity contribution is 0.0899. The van der Waals surface area contributed by atoms with Gasteiger partial charge in [-0.05, 0) is 32.0 Å². The minimum atomic E-state index is -0.248. The molecule has 0 radical (unpaired) electrons. The molecule has 0 aromatic carbocycles. The quantitative estimate of drug-likeness (QED) is 0.769. The summed E-state index contributed by atoms with van der Waals surface area (Å²) in [6.45, 7) is 5.72. The van der Waals surface area contributed by atoms with Crippen molar-refractivity contribution in [1.29, 1.82) is 0 Å². The number of hydrogen-bond donors (Lipinski definition) is 2. The topological polar surface area (TPSA) is 77.9 Å². The number of ether oxygens (including phenoxy) is 1. The maximum atomic E-state index is 12.5. The second-order valence-corrected chi connectivity index (χ2v) is 6.39. The molecule has 1 amide bonds. The number of pyridine rings is 1. The number of likely N-dealkylation sites (tertiary alicyclic amines) is 1. The molecule has 0 aliphatic carbocycles. The van der Waals surface area contributed by atoms with Crippen molar-refractivity contribution in [1.82, 2.24) is 15.2 Å². The molecule has 0 bridgehead atoms. The number of anilines is 1. The van der Waals surface area contributed by atoms with Crippen molar-refractivity contribution >= 4 is 11.6 Å². The molecule has 2 aliphatic heterocycles. The van der Waals surface area contributed by atoms with Gasteiger partial charge >= 0.3 is 0 Å². The Bertz CT molecular complexity index is 542. The first kappa shape index (κ1) is 17.1. The molecular formula is C17H26N4O3. The Kier molecular flexibility index (Phi) is 6.01. The van der Waals surface area contributed by atoms with Crippen LogP contribution < -0.4 is 10.2 Å². The molecule has 2 N–H and O–H groups in total. The summed E-state index contributed by atoms with van der Waals surface area (Å²) in [6.07, 6.45) is 5.73. The maximum Gasteiger partial charge on any atom is 0.253 e. The fraction of sp³-hybridized carbons (Fsp3) is 0.647. The molecule has 7 heteroatoms. The molecule has 2 aliphatic rings. The minimum absolute atomic E-state index is 0.0567. The molecule has 3 rings (SSSR count).